The van der Waals surface area contributed by atoms with Gasteiger partial charge >= 0.3 is 6.03 Å². The first-order valence-corrected chi connectivity index (χ1v) is 9.84. The monoisotopic (exact) mass is 387 g/mol. The fourth-order valence-electron chi connectivity index (χ4n) is 3.52. The van der Waals surface area contributed by atoms with Gasteiger partial charge in [0.2, 0.25) is 0 Å². The van der Waals surface area contributed by atoms with Crippen LogP contribution in [0, 0.1) is 0 Å². The van der Waals surface area contributed by atoms with Gasteiger partial charge < -0.3 is 15.1 Å². The van der Waals surface area contributed by atoms with E-state index in [1.54, 1.807) is 18.1 Å². The first-order chi connectivity index (χ1) is 14.2. The van der Waals surface area contributed by atoms with E-state index >= 15 is 0 Å². The molecule has 3 aromatic rings. The molecule has 1 aliphatic rings. The Morgan fingerprint density at radius 3 is 2.66 bits per heavy atom. The van der Waals surface area contributed by atoms with Gasteiger partial charge in [0, 0.05) is 39.1 Å². The van der Waals surface area contributed by atoms with Crippen molar-refractivity contribution in [1.82, 2.24) is 20.2 Å². The number of aromatic nitrogens is 2. The van der Waals surface area contributed by atoms with Crippen molar-refractivity contribution in [2.75, 3.05) is 18.5 Å². The first-order valence-electron chi connectivity index (χ1n) is 9.84. The molecule has 6 heteroatoms. The molecule has 1 N–H and O–H groups in total. The summed E-state index contributed by atoms with van der Waals surface area (Å²) < 4.78 is 0. The maximum absolute atomic E-state index is 12.3. The molecule has 2 aromatic heterocycles. The molecule has 148 valence electrons. The number of carbonyl (C=O) groups excluding carboxylic acids is 1. The molecule has 0 bridgehead atoms. The van der Waals surface area contributed by atoms with Crippen LogP contribution in [0.15, 0.2) is 67.0 Å². The summed E-state index contributed by atoms with van der Waals surface area (Å²) in [7, 11) is 1.76. The maximum atomic E-state index is 12.3. The van der Waals surface area contributed by atoms with Crippen LogP contribution in [0.3, 0.4) is 0 Å². The van der Waals surface area contributed by atoms with Crippen molar-refractivity contribution in [3.8, 4) is 0 Å². The fraction of sp³-hybridized carbons (Fsp3) is 0.261. The van der Waals surface area contributed by atoms with E-state index in [1.165, 1.54) is 11.1 Å². The molecule has 0 unspecified atom stereocenters. The van der Waals surface area contributed by atoms with Gasteiger partial charge in [0.1, 0.15) is 5.82 Å². The van der Waals surface area contributed by atoms with E-state index < -0.39 is 0 Å². The average molecular weight is 387 g/mol. The Kier molecular flexibility index (Phi) is 5.70. The predicted octanol–water partition coefficient (Wildman–Crippen LogP) is 3.38. The van der Waals surface area contributed by atoms with Gasteiger partial charge in [-0.15, -0.1) is 0 Å². The summed E-state index contributed by atoms with van der Waals surface area (Å²) in [6, 6.07) is 18.2. The highest BCUT2D eigenvalue weighted by Crippen LogP contribution is 2.22. The summed E-state index contributed by atoms with van der Waals surface area (Å²) in [5.41, 5.74) is 4.63. The van der Waals surface area contributed by atoms with Crippen molar-refractivity contribution in [3.63, 3.8) is 0 Å². The Morgan fingerprint density at radius 2 is 1.90 bits per heavy atom. The van der Waals surface area contributed by atoms with Crippen molar-refractivity contribution < 1.29 is 4.79 Å². The second kappa shape index (κ2) is 8.73. The van der Waals surface area contributed by atoms with E-state index in [0.717, 1.165) is 36.6 Å². The van der Waals surface area contributed by atoms with E-state index in [1.807, 2.05) is 36.5 Å². The molecule has 0 spiro atoms. The molecule has 0 fully saturated rings. The summed E-state index contributed by atoms with van der Waals surface area (Å²) in [6.45, 7) is 2.78. The van der Waals surface area contributed by atoms with Gasteiger partial charge in [-0.25, -0.2) is 9.78 Å². The number of amides is 2. The quantitative estimate of drug-likeness (QED) is 0.729. The topological polar surface area (TPSA) is 61.4 Å². The molecule has 0 atom stereocenters. The van der Waals surface area contributed by atoms with Crippen LogP contribution in [-0.2, 0) is 26.1 Å². The highest BCUT2D eigenvalue weighted by Gasteiger charge is 2.17. The average Bonchev–Trinajstić information content (AvgIpc) is 2.78. The number of fused-ring (bicyclic) bond motifs is 1. The van der Waals surface area contributed by atoms with Gasteiger partial charge in [-0.3, -0.25) is 4.98 Å². The molecule has 0 saturated carbocycles. The molecule has 6 nitrogen and oxygen atoms in total. The van der Waals surface area contributed by atoms with Crippen molar-refractivity contribution >= 4 is 11.8 Å². The standard InChI is InChI=1S/C23H25N5O/c1-27(17-21-8-4-5-12-24-21)23(29)26-15-18-9-10-22(25-14-18)28-13-11-19-6-2-3-7-20(19)16-28/h2-10,12,14H,11,13,15-17H2,1H3,(H,26,29). The highest BCUT2D eigenvalue weighted by molar-refractivity contribution is 5.73. The molecule has 3 heterocycles. The number of hydrogen-bond donors (Lipinski definition) is 1. The lowest BCUT2D eigenvalue weighted by molar-refractivity contribution is 0.206. The summed E-state index contributed by atoms with van der Waals surface area (Å²) in [5.74, 6) is 0.974. The Morgan fingerprint density at radius 1 is 1.07 bits per heavy atom. The van der Waals surface area contributed by atoms with Crippen LogP contribution in [0.5, 0.6) is 0 Å². The minimum atomic E-state index is -0.132. The van der Waals surface area contributed by atoms with Gasteiger partial charge in [0.05, 0.1) is 12.2 Å². The van der Waals surface area contributed by atoms with Crippen LogP contribution in [0.4, 0.5) is 10.6 Å². The summed E-state index contributed by atoms with van der Waals surface area (Å²) in [6.07, 6.45) is 4.61. The smallest absolute Gasteiger partial charge is 0.317 e. The van der Waals surface area contributed by atoms with Crippen molar-refractivity contribution in [3.05, 3.63) is 89.4 Å². The van der Waals surface area contributed by atoms with E-state index in [2.05, 4.69) is 44.5 Å². The van der Waals surface area contributed by atoms with Gasteiger partial charge in [-0.1, -0.05) is 36.4 Å². The number of carbonyl (C=O) groups is 1. The number of benzene rings is 1. The third-order valence-corrected chi connectivity index (χ3v) is 5.18. The number of anilines is 1. The van der Waals surface area contributed by atoms with E-state index in [-0.39, 0.29) is 6.03 Å². The number of urea groups is 1. The third-order valence-electron chi connectivity index (χ3n) is 5.18. The molecule has 0 radical (unpaired) electrons. The van der Waals surface area contributed by atoms with Gasteiger partial charge in [-0.05, 0) is 41.3 Å². The number of pyridine rings is 2. The van der Waals surface area contributed by atoms with Crippen LogP contribution in [0.25, 0.3) is 0 Å². The summed E-state index contributed by atoms with van der Waals surface area (Å²) >= 11 is 0. The van der Waals surface area contributed by atoms with Gasteiger partial charge in [-0.2, -0.15) is 0 Å². The number of nitrogens with one attached hydrogen (secondary N) is 1. The van der Waals surface area contributed by atoms with Crippen molar-refractivity contribution in [1.29, 1.82) is 0 Å². The number of hydrogen-bond acceptors (Lipinski definition) is 4. The number of rotatable bonds is 5. The van der Waals surface area contributed by atoms with Gasteiger partial charge in [0.15, 0.2) is 0 Å². The largest absolute Gasteiger partial charge is 0.352 e. The predicted molar refractivity (Wildman–Crippen MR) is 113 cm³/mol. The van der Waals surface area contributed by atoms with Crippen LogP contribution in [-0.4, -0.2) is 34.5 Å². The fourth-order valence-corrected chi connectivity index (χ4v) is 3.52. The molecule has 0 aliphatic carbocycles. The molecule has 2 amide bonds. The first kappa shape index (κ1) is 18.9. The van der Waals surface area contributed by atoms with Crippen molar-refractivity contribution in [2.24, 2.45) is 0 Å². The van der Waals surface area contributed by atoms with Crippen molar-refractivity contribution in [2.45, 2.75) is 26.1 Å². The minimum Gasteiger partial charge on any atom is -0.352 e. The zero-order valence-electron chi connectivity index (χ0n) is 16.6. The Labute approximate surface area is 171 Å². The van der Waals surface area contributed by atoms with E-state index in [9.17, 15) is 4.79 Å². The molecule has 4 rings (SSSR count). The van der Waals surface area contributed by atoms with E-state index in [4.69, 9.17) is 0 Å². The van der Waals surface area contributed by atoms with Crippen LogP contribution in [0.2, 0.25) is 0 Å². The summed E-state index contributed by atoms with van der Waals surface area (Å²) in [5, 5.41) is 2.94. The zero-order chi connectivity index (χ0) is 20.1. The van der Waals surface area contributed by atoms with E-state index in [0.29, 0.717) is 13.1 Å². The lowest BCUT2D eigenvalue weighted by Crippen LogP contribution is -2.36. The third kappa shape index (κ3) is 4.71. The molecule has 1 aliphatic heterocycles. The lowest BCUT2D eigenvalue weighted by atomic mass is 10.00. The second-order valence-corrected chi connectivity index (χ2v) is 7.30. The van der Waals surface area contributed by atoms with Crippen LogP contribution in [0.1, 0.15) is 22.4 Å². The molecule has 29 heavy (non-hydrogen) atoms. The molecular formula is C23H25N5O. The molecular weight excluding hydrogens is 362 g/mol. The number of nitrogens with zero attached hydrogens (tertiary/aromatic N) is 4. The zero-order valence-corrected chi connectivity index (χ0v) is 16.6. The Bertz CT molecular complexity index is 959. The highest BCUT2D eigenvalue weighted by atomic mass is 16.2. The lowest BCUT2D eigenvalue weighted by Gasteiger charge is -2.29. The SMILES string of the molecule is CN(Cc1ccccn1)C(=O)NCc1ccc(N2CCc3ccccc3C2)nc1. The minimum absolute atomic E-state index is 0.132. The Balaban J connectivity index is 1.30. The second-order valence-electron chi connectivity index (χ2n) is 7.30. The maximum Gasteiger partial charge on any atom is 0.317 e. The van der Waals surface area contributed by atoms with Gasteiger partial charge in [0.25, 0.3) is 0 Å². The van der Waals surface area contributed by atoms with Crippen LogP contribution < -0.4 is 10.2 Å². The molecule has 0 saturated heterocycles. The van der Waals surface area contributed by atoms with Crippen LogP contribution >= 0.6 is 0 Å². The molecule has 1 aromatic carbocycles. The summed E-state index contributed by atoms with van der Waals surface area (Å²) in [4.78, 5) is 25.1. The normalized spacial score (nSPS) is 12.9. The Hall–Kier alpha value is -3.41.